The van der Waals surface area contributed by atoms with Gasteiger partial charge in [0.1, 0.15) is 10.6 Å². The lowest BCUT2D eigenvalue weighted by atomic mass is 10.1. The SMILES string of the molecule is COc1ccsc1C(=O)N1CCN([C@@H]2CCC[C@@H]2O)CC1. The summed E-state index contributed by atoms with van der Waals surface area (Å²) in [6.45, 7) is 3.15. The molecule has 0 radical (unpaired) electrons. The Morgan fingerprint density at radius 1 is 1.33 bits per heavy atom. The smallest absolute Gasteiger partial charge is 0.267 e. The number of ether oxygens (including phenoxy) is 1. The minimum absolute atomic E-state index is 0.0634. The molecule has 3 rings (SSSR count). The van der Waals surface area contributed by atoms with Crippen LogP contribution in [0.25, 0.3) is 0 Å². The predicted molar refractivity (Wildman–Crippen MR) is 82.0 cm³/mol. The normalized spacial score (nSPS) is 27.0. The van der Waals surface area contributed by atoms with Gasteiger partial charge in [0.2, 0.25) is 0 Å². The van der Waals surface area contributed by atoms with Crippen LogP contribution in [0.5, 0.6) is 5.75 Å². The fourth-order valence-electron chi connectivity index (χ4n) is 3.36. The molecule has 0 bridgehead atoms. The summed E-state index contributed by atoms with van der Waals surface area (Å²) in [7, 11) is 1.60. The Balaban J connectivity index is 1.59. The minimum atomic E-state index is -0.190. The second kappa shape index (κ2) is 6.34. The molecular weight excluding hydrogens is 288 g/mol. The minimum Gasteiger partial charge on any atom is -0.495 e. The molecule has 0 unspecified atom stereocenters. The van der Waals surface area contributed by atoms with E-state index >= 15 is 0 Å². The van der Waals surface area contributed by atoms with Gasteiger partial charge in [-0.05, 0) is 30.7 Å². The van der Waals surface area contributed by atoms with Crippen LogP contribution in [0.1, 0.15) is 28.9 Å². The molecule has 21 heavy (non-hydrogen) atoms. The third kappa shape index (κ3) is 2.93. The molecule has 116 valence electrons. The van der Waals surface area contributed by atoms with Gasteiger partial charge in [-0.25, -0.2) is 0 Å². The quantitative estimate of drug-likeness (QED) is 0.917. The number of rotatable bonds is 3. The number of carbonyl (C=O) groups excluding carboxylic acids is 1. The van der Waals surface area contributed by atoms with Crippen LogP contribution in [0.3, 0.4) is 0 Å². The number of aliphatic hydroxyl groups excluding tert-OH is 1. The predicted octanol–water partition coefficient (Wildman–Crippen LogP) is 1.43. The molecule has 0 spiro atoms. The highest BCUT2D eigenvalue weighted by Gasteiger charge is 2.34. The molecule has 2 heterocycles. The topological polar surface area (TPSA) is 53.0 Å². The van der Waals surface area contributed by atoms with Gasteiger partial charge < -0.3 is 14.7 Å². The number of nitrogens with zero attached hydrogens (tertiary/aromatic N) is 2. The summed E-state index contributed by atoms with van der Waals surface area (Å²) >= 11 is 1.43. The summed E-state index contributed by atoms with van der Waals surface area (Å²) in [5.41, 5.74) is 0. The van der Waals surface area contributed by atoms with E-state index in [1.807, 2.05) is 16.3 Å². The number of thiophene rings is 1. The van der Waals surface area contributed by atoms with E-state index in [0.29, 0.717) is 16.7 Å². The van der Waals surface area contributed by atoms with Gasteiger partial charge in [-0.15, -0.1) is 11.3 Å². The number of carbonyl (C=O) groups is 1. The molecule has 2 fully saturated rings. The number of amides is 1. The van der Waals surface area contributed by atoms with Gasteiger partial charge in [0, 0.05) is 32.2 Å². The van der Waals surface area contributed by atoms with E-state index in [1.165, 1.54) is 11.3 Å². The van der Waals surface area contributed by atoms with Crippen LogP contribution in [-0.4, -0.2) is 66.2 Å². The highest BCUT2D eigenvalue weighted by Crippen LogP contribution is 2.28. The van der Waals surface area contributed by atoms with E-state index in [0.717, 1.165) is 45.4 Å². The van der Waals surface area contributed by atoms with Crippen molar-refractivity contribution in [1.82, 2.24) is 9.80 Å². The van der Waals surface area contributed by atoms with Crippen LogP contribution in [0, 0.1) is 0 Å². The molecule has 2 atom stereocenters. The standard InChI is InChI=1S/C15H22N2O3S/c1-20-13-5-10-21-14(13)15(19)17-8-6-16(7-9-17)11-3-2-4-12(11)18/h5,10-12,18H,2-4,6-9H2,1H3/t11-,12+/m1/s1. The highest BCUT2D eigenvalue weighted by atomic mass is 32.1. The maximum atomic E-state index is 12.5. The van der Waals surface area contributed by atoms with Crippen molar-refractivity contribution in [2.24, 2.45) is 0 Å². The molecule has 1 aromatic rings. The average molecular weight is 310 g/mol. The van der Waals surface area contributed by atoms with Crippen molar-refractivity contribution in [2.75, 3.05) is 33.3 Å². The van der Waals surface area contributed by atoms with Gasteiger partial charge in [-0.2, -0.15) is 0 Å². The van der Waals surface area contributed by atoms with Crippen LogP contribution >= 0.6 is 11.3 Å². The molecule has 1 saturated heterocycles. The third-order valence-corrected chi connectivity index (χ3v) is 5.44. The first-order chi connectivity index (χ1) is 10.2. The van der Waals surface area contributed by atoms with Gasteiger partial charge in [-0.1, -0.05) is 0 Å². The molecular formula is C15H22N2O3S. The van der Waals surface area contributed by atoms with E-state index in [9.17, 15) is 9.90 Å². The Morgan fingerprint density at radius 2 is 2.10 bits per heavy atom. The van der Waals surface area contributed by atoms with Crippen LogP contribution in [0.4, 0.5) is 0 Å². The number of hydrogen-bond acceptors (Lipinski definition) is 5. The van der Waals surface area contributed by atoms with Gasteiger partial charge >= 0.3 is 0 Å². The highest BCUT2D eigenvalue weighted by molar-refractivity contribution is 7.12. The summed E-state index contributed by atoms with van der Waals surface area (Å²) in [5.74, 6) is 0.729. The van der Waals surface area contributed by atoms with Gasteiger partial charge in [-0.3, -0.25) is 9.69 Å². The molecule has 1 amide bonds. The lowest BCUT2D eigenvalue weighted by Gasteiger charge is -2.39. The summed E-state index contributed by atoms with van der Waals surface area (Å²) < 4.78 is 5.23. The van der Waals surface area contributed by atoms with Gasteiger partial charge in [0.05, 0.1) is 13.2 Å². The summed E-state index contributed by atoms with van der Waals surface area (Å²) in [5, 5.41) is 11.9. The average Bonchev–Trinajstić information content (AvgIpc) is 3.15. The van der Waals surface area contributed by atoms with Gasteiger partial charge in [0.25, 0.3) is 5.91 Å². The Labute approximate surface area is 129 Å². The van der Waals surface area contributed by atoms with Crippen molar-refractivity contribution in [1.29, 1.82) is 0 Å². The maximum absolute atomic E-state index is 12.5. The summed E-state index contributed by atoms with van der Waals surface area (Å²) in [4.78, 5) is 17.4. The summed E-state index contributed by atoms with van der Waals surface area (Å²) in [6, 6.07) is 2.13. The molecule has 1 N–H and O–H groups in total. The first kappa shape index (κ1) is 14.8. The van der Waals surface area contributed by atoms with Crippen molar-refractivity contribution < 1.29 is 14.6 Å². The number of methoxy groups -OCH3 is 1. The molecule has 6 heteroatoms. The Morgan fingerprint density at radius 3 is 2.71 bits per heavy atom. The van der Waals surface area contributed by atoms with Crippen LogP contribution in [0.15, 0.2) is 11.4 Å². The first-order valence-electron chi connectivity index (χ1n) is 7.53. The largest absolute Gasteiger partial charge is 0.495 e. The van der Waals surface area contributed by atoms with Gasteiger partial charge in [0.15, 0.2) is 0 Å². The van der Waals surface area contributed by atoms with E-state index in [-0.39, 0.29) is 12.0 Å². The van der Waals surface area contributed by atoms with Crippen LogP contribution in [-0.2, 0) is 0 Å². The molecule has 1 aromatic heterocycles. The zero-order valence-corrected chi connectivity index (χ0v) is 13.1. The summed E-state index contributed by atoms with van der Waals surface area (Å²) in [6.07, 6.45) is 2.91. The Bertz CT molecular complexity index is 497. The van der Waals surface area contributed by atoms with E-state index < -0.39 is 0 Å². The van der Waals surface area contributed by atoms with Crippen molar-refractivity contribution in [3.05, 3.63) is 16.3 Å². The fraction of sp³-hybridized carbons (Fsp3) is 0.667. The monoisotopic (exact) mass is 310 g/mol. The molecule has 1 saturated carbocycles. The van der Waals surface area contributed by atoms with Crippen LogP contribution in [0.2, 0.25) is 0 Å². The lowest BCUT2D eigenvalue weighted by Crippen LogP contribution is -2.53. The van der Waals surface area contributed by atoms with Crippen molar-refractivity contribution in [3.8, 4) is 5.75 Å². The Hall–Kier alpha value is -1.11. The molecule has 2 aliphatic rings. The molecule has 0 aromatic carbocycles. The molecule has 1 aliphatic heterocycles. The lowest BCUT2D eigenvalue weighted by molar-refractivity contribution is 0.0316. The zero-order valence-electron chi connectivity index (χ0n) is 12.3. The van der Waals surface area contributed by atoms with Crippen molar-refractivity contribution in [3.63, 3.8) is 0 Å². The van der Waals surface area contributed by atoms with Crippen LogP contribution < -0.4 is 4.74 Å². The number of hydrogen-bond donors (Lipinski definition) is 1. The number of piperazine rings is 1. The molecule has 1 aliphatic carbocycles. The number of aliphatic hydroxyl groups is 1. The second-order valence-corrected chi connectivity index (χ2v) is 6.63. The van der Waals surface area contributed by atoms with Crippen molar-refractivity contribution >= 4 is 17.2 Å². The van der Waals surface area contributed by atoms with E-state index in [2.05, 4.69) is 4.90 Å². The Kier molecular flexibility index (Phi) is 4.47. The first-order valence-corrected chi connectivity index (χ1v) is 8.41. The van der Waals surface area contributed by atoms with Crippen molar-refractivity contribution in [2.45, 2.75) is 31.4 Å². The fourth-order valence-corrected chi connectivity index (χ4v) is 4.19. The van der Waals surface area contributed by atoms with E-state index in [1.54, 1.807) is 7.11 Å². The molecule has 5 nitrogen and oxygen atoms in total. The third-order valence-electron chi connectivity index (χ3n) is 4.56. The van der Waals surface area contributed by atoms with E-state index in [4.69, 9.17) is 4.74 Å². The maximum Gasteiger partial charge on any atom is 0.267 e. The second-order valence-electron chi connectivity index (χ2n) is 5.71. The zero-order chi connectivity index (χ0) is 14.8.